The maximum absolute atomic E-state index is 12.2. The standard InChI is InChI=1S/C14H18ClNO2/c1-2-18-13-7-6-11(10-12(13)15)14(17)16-8-4-3-5-9-16/h6-7,10H,2-5,8-9H2,1H3. The summed E-state index contributed by atoms with van der Waals surface area (Å²) in [5.74, 6) is 0.703. The fourth-order valence-electron chi connectivity index (χ4n) is 2.19. The summed E-state index contributed by atoms with van der Waals surface area (Å²) in [6.07, 6.45) is 3.40. The number of ether oxygens (including phenoxy) is 1. The van der Waals surface area contributed by atoms with Crippen LogP contribution >= 0.6 is 11.6 Å². The van der Waals surface area contributed by atoms with Crippen molar-refractivity contribution in [3.05, 3.63) is 28.8 Å². The number of benzene rings is 1. The van der Waals surface area contributed by atoms with Crippen molar-refractivity contribution in [3.8, 4) is 5.75 Å². The van der Waals surface area contributed by atoms with Gasteiger partial charge in [-0.15, -0.1) is 0 Å². The van der Waals surface area contributed by atoms with Crippen LogP contribution in [0.15, 0.2) is 18.2 Å². The zero-order chi connectivity index (χ0) is 13.0. The lowest BCUT2D eigenvalue weighted by Crippen LogP contribution is -2.35. The van der Waals surface area contributed by atoms with E-state index < -0.39 is 0 Å². The first-order valence-corrected chi connectivity index (χ1v) is 6.82. The predicted molar refractivity (Wildman–Crippen MR) is 72.4 cm³/mol. The van der Waals surface area contributed by atoms with Gasteiger partial charge in [-0.1, -0.05) is 11.6 Å². The van der Waals surface area contributed by atoms with Crippen molar-refractivity contribution in [1.82, 2.24) is 4.90 Å². The first-order chi connectivity index (χ1) is 8.72. The fraction of sp³-hybridized carbons (Fsp3) is 0.500. The van der Waals surface area contributed by atoms with Gasteiger partial charge in [0.15, 0.2) is 0 Å². The molecule has 0 spiro atoms. The van der Waals surface area contributed by atoms with Crippen LogP contribution in [0, 0.1) is 0 Å². The average Bonchev–Trinajstić information content (AvgIpc) is 2.41. The number of hydrogen-bond acceptors (Lipinski definition) is 2. The van der Waals surface area contributed by atoms with E-state index in [0.717, 1.165) is 25.9 Å². The van der Waals surface area contributed by atoms with Crippen LogP contribution in [0.3, 0.4) is 0 Å². The normalized spacial score (nSPS) is 15.6. The lowest BCUT2D eigenvalue weighted by atomic mass is 10.1. The van der Waals surface area contributed by atoms with Gasteiger partial charge in [-0.2, -0.15) is 0 Å². The maximum atomic E-state index is 12.2. The molecule has 4 heteroatoms. The molecule has 1 aliphatic rings. The first-order valence-electron chi connectivity index (χ1n) is 6.44. The third-order valence-electron chi connectivity index (χ3n) is 3.12. The lowest BCUT2D eigenvalue weighted by molar-refractivity contribution is 0.0724. The second-order valence-electron chi connectivity index (χ2n) is 4.43. The SMILES string of the molecule is CCOc1ccc(C(=O)N2CCCCC2)cc1Cl. The molecule has 0 radical (unpaired) electrons. The van der Waals surface area contributed by atoms with Gasteiger partial charge in [0.25, 0.3) is 5.91 Å². The molecule has 0 atom stereocenters. The Labute approximate surface area is 113 Å². The molecular weight excluding hydrogens is 250 g/mol. The number of rotatable bonds is 3. The Morgan fingerprint density at radius 1 is 1.33 bits per heavy atom. The molecule has 1 aliphatic heterocycles. The van der Waals surface area contributed by atoms with Crippen molar-refractivity contribution in [2.75, 3.05) is 19.7 Å². The molecule has 0 bridgehead atoms. The molecule has 3 nitrogen and oxygen atoms in total. The Hall–Kier alpha value is -1.22. The highest BCUT2D eigenvalue weighted by atomic mass is 35.5. The van der Waals surface area contributed by atoms with E-state index in [1.807, 2.05) is 11.8 Å². The van der Waals surface area contributed by atoms with Crippen LogP contribution in [0.2, 0.25) is 5.02 Å². The van der Waals surface area contributed by atoms with E-state index in [2.05, 4.69) is 0 Å². The first kappa shape index (κ1) is 13.2. The number of likely N-dealkylation sites (tertiary alicyclic amines) is 1. The largest absolute Gasteiger partial charge is 0.492 e. The zero-order valence-electron chi connectivity index (χ0n) is 10.6. The van der Waals surface area contributed by atoms with Crippen molar-refractivity contribution in [3.63, 3.8) is 0 Å². The summed E-state index contributed by atoms with van der Waals surface area (Å²) in [6, 6.07) is 5.25. The van der Waals surface area contributed by atoms with Crippen molar-refractivity contribution < 1.29 is 9.53 Å². The fourth-order valence-corrected chi connectivity index (χ4v) is 2.42. The minimum Gasteiger partial charge on any atom is -0.492 e. The molecule has 0 aliphatic carbocycles. The van der Waals surface area contributed by atoms with Gasteiger partial charge >= 0.3 is 0 Å². The molecule has 1 fully saturated rings. The molecular formula is C14H18ClNO2. The number of hydrogen-bond donors (Lipinski definition) is 0. The highest BCUT2D eigenvalue weighted by molar-refractivity contribution is 6.32. The molecule has 0 saturated carbocycles. The number of piperidine rings is 1. The monoisotopic (exact) mass is 267 g/mol. The summed E-state index contributed by atoms with van der Waals surface area (Å²) in [5, 5.41) is 0.500. The van der Waals surface area contributed by atoms with Crippen molar-refractivity contribution >= 4 is 17.5 Å². The van der Waals surface area contributed by atoms with Crippen LogP contribution < -0.4 is 4.74 Å². The van der Waals surface area contributed by atoms with Crippen molar-refractivity contribution in [2.45, 2.75) is 26.2 Å². The Bertz CT molecular complexity index is 428. The highest BCUT2D eigenvalue weighted by Crippen LogP contribution is 2.26. The maximum Gasteiger partial charge on any atom is 0.253 e. The second-order valence-corrected chi connectivity index (χ2v) is 4.84. The molecule has 0 aromatic heterocycles. The smallest absolute Gasteiger partial charge is 0.253 e. The molecule has 1 heterocycles. The average molecular weight is 268 g/mol. The van der Waals surface area contributed by atoms with E-state index in [1.54, 1.807) is 18.2 Å². The quantitative estimate of drug-likeness (QED) is 0.840. The molecule has 98 valence electrons. The third kappa shape index (κ3) is 2.96. The van der Waals surface area contributed by atoms with E-state index in [1.165, 1.54) is 6.42 Å². The van der Waals surface area contributed by atoms with E-state index >= 15 is 0 Å². The van der Waals surface area contributed by atoms with E-state index in [9.17, 15) is 4.79 Å². The number of halogens is 1. The molecule has 0 unspecified atom stereocenters. The van der Waals surface area contributed by atoms with Crippen LogP contribution in [0.4, 0.5) is 0 Å². The summed E-state index contributed by atoms with van der Waals surface area (Å²) in [6.45, 7) is 4.18. The van der Waals surface area contributed by atoms with Gasteiger partial charge < -0.3 is 9.64 Å². The van der Waals surface area contributed by atoms with Crippen molar-refractivity contribution in [2.24, 2.45) is 0 Å². The Balaban J connectivity index is 2.12. The van der Waals surface area contributed by atoms with Crippen molar-refractivity contribution in [1.29, 1.82) is 0 Å². The second kappa shape index (κ2) is 6.10. The number of amides is 1. The zero-order valence-corrected chi connectivity index (χ0v) is 11.4. The Morgan fingerprint density at radius 2 is 2.06 bits per heavy atom. The topological polar surface area (TPSA) is 29.5 Å². The van der Waals surface area contributed by atoms with Gasteiger partial charge in [-0.3, -0.25) is 4.79 Å². The van der Waals surface area contributed by atoms with Gasteiger partial charge in [0, 0.05) is 18.7 Å². The summed E-state index contributed by atoms with van der Waals surface area (Å²) < 4.78 is 5.36. The van der Waals surface area contributed by atoms with Gasteiger partial charge in [-0.05, 0) is 44.4 Å². The molecule has 1 aromatic carbocycles. The van der Waals surface area contributed by atoms with Crippen LogP contribution in [0.1, 0.15) is 36.5 Å². The minimum atomic E-state index is 0.0691. The van der Waals surface area contributed by atoms with Gasteiger partial charge in [0.2, 0.25) is 0 Å². The van der Waals surface area contributed by atoms with Crippen LogP contribution in [-0.2, 0) is 0 Å². The summed E-state index contributed by atoms with van der Waals surface area (Å²) in [7, 11) is 0. The number of carbonyl (C=O) groups excluding carboxylic acids is 1. The Kier molecular flexibility index (Phi) is 4.48. The van der Waals surface area contributed by atoms with Crippen LogP contribution in [0.25, 0.3) is 0 Å². The van der Waals surface area contributed by atoms with Crippen LogP contribution in [-0.4, -0.2) is 30.5 Å². The third-order valence-corrected chi connectivity index (χ3v) is 3.42. The number of nitrogens with zero attached hydrogens (tertiary/aromatic N) is 1. The molecule has 18 heavy (non-hydrogen) atoms. The predicted octanol–water partition coefficient (Wildman–Crippen LogP) is 3.36. The molecule has 2 rings (SSSR count). The van der Waals surface area contributed by atoms with Gasteiger partial charge in [0.1, 0.15) is 5.75 Å². The number of carbonyl (C=O) groups is 1. The highest BCUT2D eigenvalue weighted by Gasteiger charge is 2.18. The van der Waals surface area contributed by atoms with Crippen LogP contribution in [0.5, 0.6) is 5.75 Å². The summed E-state index contributed by atoms with van der Waals surface area (Å²) in [5.41, 5.74) is 0.644. The minimum absolute atomic E-state index is 0.0691. The summed E-state index contributed by atoms with van der Waals surface area (Å²) >= 11 is 6.10. The molecule has 1 amide bonds. The van der Waals surface area contributed by atoms with E-state index in [4.69, 9.17) is 16.3 Å². The van der Waals surface area contributed by atoms with E-state index in [0.29, 0.717) is 22.9 Å². The summed E-state index contributed by atoms with van der Waals surface area (Å²) in [4.78, 5) is 14.1. The molecule has 1 saturated heterocycles. The Morgan fingerprint density at radius 3 is 2.67 bits per heavy atom. The lowest BCUT2D eigenvalue weighted by Gasteiger charge is -2.26. The van der Waals surface area contributed by atoms with Gasteiger partial charge in [-0.25, -0.2) is 0 Å². The van der Waals surface area contributed by atoms with E-state index in [-0.39, 0.29) is 5.91 Å². The molecule has 1 aromatic rings. The van der Waals surface area contributed by atoms with Gasteiger partial charge in [0.05, 0.1) is 11.6 Å². The molecule has 0 N–H and O–H groups in total.